The molecule has 9 heteroatoms. The first-order valence-electron chi connectivity index (χ1n) is 12.8. The maximum Gasteiger partial charge on any atom is 0.244 e. The zero-order valence-corrected chi connectivity index (χ0v) is 23.6. The van der Waals surface area contributed by atoms with Crippen LogP contribution in [0.2, 0.25) is 0 Å². The van der Waals surface area contributed by atoms with Crippen LogP contribution in [0.5, 0.6) is 0 Å². The predicted octanol–water partition coefficient (Wildman–Crippen LogP) is 4.31. The van der Waals surface area contributed by atoms with E-state index in [0.717, 1.165) is 21.7 Å². The number of sulfonamides is 1. The number of benzene rings is 3. The van der Waals surface area contributed by atoms with Gasteiger partial charge in [-0.3, -0.25) is 13.9 Å². The number of hydrogen-bond donors (Lipinski definition) is 1. The van der Waals surface area contributed by atoms with Crippen molar-refractivity contribution in [1.29, 1.82) is 0 Å². The SMILES string of the molecule is Cc1cccc(N(CC(=O)N(Cc2ccc(F)cc2)[C@@H](Cc2ccccc2)C(=O)NCC(C)C)S(C)(=O)=O)c1. The van der Waals surface area contributed by atoms with Gasteiger partial charge >= 0.3 is 0 Å². The number of amides is 2. The maximum atomic E-state index is 14.0. The molecule has 3 aromatic carbocycles. The Morgan fingerprint density at radius 2 is 1.59 bits per heavy atom. The molecule has 0 aliphatic heterocycles. The Balaban J connectivity index is 2.04. The Hall–Kier alpha value is -3.72. The minimum absolute atomic E-state index is 0.00285. The second-order valence-corrected chi connectivity index (χ2v) is 12.0. The van der Waals surface area contributed by atoms with E-state index in [-0.39, 0.29) is 24.8 Å². The van der Waals surface area contributed by atoms with Gasteiger partial charge in [0.1, 0.15) is 18.4 Å². The topological polar surface area (TPSA) is 86.8 Å². The molecule has 0 aliphatic carbocycles. The highest BCUT2D eigenvalue weighted by atomic mass is 32.2. The Labute approximate surface area is 230 Å². The maximum absolute atomic E-state index is 14.0. The monoisotopic (exact) mass is 553 g/mol. The van der Waals surface area contributed by atoms with Crippen molar-refractivity contribution in [2.45, 2.75) is 39.8 Å². The summed E-state index contributed by atoms with van der Waals surface area (Å²) in [4.78, 5) is 28.9. The van der Waals surface area contributed by atoms with Gasteiger partial charge in [-0.1, -0.05) is 68.4 Å². The molecule has 0 heterocycles. The lowest BCUT2D eigenvalue weighted by Crippen LogP contribution is -2.53. The van der Waals surface area contributed by atoms with E-state index in [9.17, 15) is 22.4 Å². The number of hydrogen-bond acceptors (Lipinski definition) is 4. The summed E-state index contributed by atoms with van der Waals surface area (Å²) in [6, 6.07) is 21.0. The number of halogens is 1. The molecule has 0 unspecified atom stereocenters. The van der Waals surface area contributed by atoms with Crippen molar-refractivity contribution < 1.29 is 22.4 Å². The predicted molar refractivity (Wildman–Crippen MR) is 152 cm³/mol. The summed E-state index contributed by atoms with van der Waals surface area (Å²) < 4.78 is 40.3. The summed E-state index contributed by atoms with van der Waals surface area (Å²) >= 11 is 0. The van der Waals surface area contributed by atoms with Crippen molar-refractivity contribution in [3.63, 3.8) is 0 Å². The van der Waals surface area contributed by atoms with Gasteiger partial charge in [0.15, 0.2) is 0 Å². The zero-order valence-electron chi connectivity index (χ0n) is 22.8. The molecule has 1 atom stereocenters. The summed E-state index contributed by atoms with van der Waals surface area (Å²) in [5, 5.41) is 2.93. The first kappa shape index (κ1) is 29.8. The van der Waals surface area contributed by atoms with Gasteiger partial charge < -0.3 is 10.2 Å². The number of anilines is 1. The van der Waals surface area contributed by atoms with E-state index in [2.05, 4.69) is 5.32 Å². The highest BCUT2D eigenvalue weighted by Gasteiger charge is 2.33. The Morgan fingerprint density at radius 1 is 0.923 bits per heavy atom. The van der Waals surface area contributed by atoms with E-state index >= 15 is 0 Å². The molecule has 0 radical (unpaired) electrons. The molecule has 7 nitrogen and oxygen atoms in total. The molecule has 0 bridgehead atoms. The third-order valence-corrected chi connectivity index (χ3v) is 7.33. The normalized spacial score (nSPS) is 12.2. The number of nitrogens with zero attached hydrogens (tertiary/aromatic N) is 2. The Kier molecular flexibility index (Phi) is 10.2. The van der Waals surface area contributed by atoms with Gasteiger partial charge in [0.2, 0.25) is 21.8 Å². The molecule has 0 aliphatic rings. The molecule has 39 heavy (non-hydrogen) atoms. The van der Waals surface area contributed by atoms with Gasteiger partial charge in [0.05, 0.1) is 11.9 Å². The van der Waals surface area contributed by atoms with Crippen molar-refractivity contribution in [3.05, 3.63) is 101 Å². The second-order valence-electron chi connectivity index (χ2n) is 10.1. The highest BCUT2D eigenvalue weighted by Crippen LogP contribution is 2.21. The van der Waals surface area contributed by atoms with Crippen molar-refractivity contribution in [2.75, 3.05) is 23.7 Å². The standard InChI is InChI=1S/C30H36FN3O4S/c1-22(2)19-32-30(36)28(18-24-10-6-5-7-11-24)33(20-25-13-15-26(31)16-14-25)29(35)21-34(39(4,37)38)27-12-8-9-23(3)17-27/h5-17,22,28H,18-21H2,1-4H3,(H,32,36)/t28-/m0/s1. The average molecular weight is 554 g/mol. The van der Waals surface area contributed by atoms with Crippen molar-refractivity contribution >= 4 is 27.5 Å². The molecule has 0 saturated heterocycles. The van der Waals surface area contributed by atoms with E-state index < -0.39 is 34.3 Å². The lowest BCUT2D eigenvalue weighted by molar-refractivity contribution is -0.140. The van der Waals surface area contributed by atoms with Crippen molar-refractivity contribution in [2.24, 2.45) is 5.92 Å². The van der Waals surface area contributed by atoms with Gasteiger partial charge in [-0.15, -0.1) is 0 Å². The van der Waals surface area contributed by atoms with E-state index in [4.69, 9.17) is 0 Å². The third kappa shape index (κ3) is 8.92. The molecule has 0 saturated carbocycles. The van der Waals surface area contributed by atoms with E-state index in [1.54, 1.807) is 30.3 Å². The van der Waals surface area contributed by atoms with Crippen LogP contribution in [0.25, 0.3) is 0 Å². The molecule has 0 spiro atoms. The fraction of sp³-hybridized carbons (Fsp3) is 0.333. The van der Waals surface area contributed by atoms with E-state index in [1.165, 1.54) is 17.0 Å². The lowest BCUT2D eigenvalue weighted by atomic mass is 10.0. The van der Waals surface area contributed by atoms with Crippen LogP contribution in [0, 0.1) is 18.7 Å². The largest absolute Gasteiger partial charge is 0.354 e. The second kappa shape index (κ2) is 13.4. The molecular weight excluding hydrogens is 517 g/mol. The van der Waals surface area contributed by atoms with Gasteiger partial charge in [-0.05, 0) is 53.8 Å². The van der Waals surface area contributed by atoms with Crippen LogP contribution in [0.1, 0.15) is 30.5 Å². The number of carbonyl (C=O) groups is 2. The zero-order chi connectivity index (χ0) is 28.6. The van der Waals surface area contributed by atoms with Gasteiger partial charge in [-0.2, -0.15) is 0 Å². The van der Waals surface area contributed by atoms with Crippen molar-refractivity contribution in [1.82, 2.24) is 10.2 Å². The van der Waals surface area contributed by atoms with Crippen LogP contribution in [-0.4, -0.2) is 50.5 Å². The van der Waals surface area contributed by atoms with Crippen LogP contribution < -0.4 is 9.62 Å². The van der Waals surface area contributed by atoms with Crippen molar-refractivity contribution in [3.8, 4) is 0 Å². The molecule has 0 aromatic heterocycles. The highest BCUT2D eigenvalue weighted by molar-refractivity contribution is 7.92. The molecular formula is C30H36FN3O4S. The fourth-order valence-corrected chi connectivity index (χ4v) is 5.00. The van der Waals surface area contributed by atoms with Crippen LogP contribution in [0.3, 0.4) is 0 Å². The van der Waals surface area contributed by atoms with Crippen LogP contribution in [0.15, 0.2) is 78.9 Å². The van der Waals surface area contributed by atoms with Gasteiger partial charge in [0.25, 0.3) is 0 Å². The van der Waals surface area contributed by atoms with E-state index in [1.807, 2.05) is 57.2 Å². The minimum Gasteiger partial charge on any atom is -0.354 e. The van der Waals surface area contributed by atoms with Gasteiger partial charge in [-0.25, -0.2) is 12.8 Å². The minimum atomic E-state index is -3.83. The first-order chi connectivity index (χ1) is 18.4. The summed E-state index contributed by atoms with van der Waals surface area (Å²) in [6.45, 7) is 5.70. The Morgan fingerprint density at radius 3 is 2.18 bits per heavy atom. The smallest absolute Gasteiger partial charge is 0.244 e. The first-order valence-corrected chi connectivity index (χ1v) is 14.7. The summed E-state index contributed by atoms with van der Waals surface area (Å²) in [6.07, 6.45) is 1.27. The number of rotatable bonds is 12. The quantitative estimate of drug-likeness (QED) is 0.362. The average Bonchev–Trinajstić information content (AvgIpc) is 2.88. The summed E-state index contributed by atoms with van der Waals surface area (Å²) in [7, 11) is -3.83. The molecule has 3 rings (SSSR count). The number of nitrogens with one attached hydrogen (secondary N) is 1. The summed E-state index contributed by atoms with van der Waals surface area (Å²) in [5.41, 5.74) is 2.65. The van der Waals surface area contributed by atoms with Crippen LogP contribution in [-0.2, 0) is 32.6 Å². The van der Waals surface area contributed by atoms with Crippen LogP contribution >= 0.6 is 0 Å². The van der Waals surface area contributed by atoms with E-state index in [0.29, 0.717) is 17.8 Å². The molecule has 208 valence electrons. The molecule has 0 fully saturated rings. The third-order valence-electron chi connectivity index (χ3n) is 6.19. The molecule has 3 aromatic rings. The number of carbonyl (C=O) groups excluding carboxylic acids is 2. The molecule has 1 N–H and O–H groups in total. The Bertz CT molecular complexity index is 1360. The number of aryl methyl sites for hydroxylation is 1. The fourth-order valence-electron chi connectivity index (χ4n) is 4.16. The lowest BCUT2D eigenvalue weighted by Gasteiger charge is -2.33. The molecule has 2 amide bonds. The van der Waals surface area contributed by atoms with Gasteiger partial charge in [0, 0.05) is 19.5 Å². The summed E-state index contributed by atoms with van der Waals surface area (Å²) in [5.74, 6) is -1.12. The van der Waals surface area contributed by atoms with Crippen LogP contribution in [0.4, 0.5) is 10.1 Å².